The first kappa shape index (κ1) is 27.9. The second-order valence-corrected chi connectivity index (χ2v) is 6.14. The van der Waals surface area contributed by atoms with Gasteiger partial charge in [-0.3, -0.25) is 0 Å². The maximum atomic E-state index is 13.8. The molecule has 0 radical (unpaired) electrons. The lowest BCUT2D eigenvalue weighted by atomic mass is 9.87. The van der Waals surface area contributed by atoms with E-state index in [9.17, 15) is 74.6 Å². The normalized spacial score (nSPS) is 15.8. The van der Waals surface area contributed by atoms with E-state index in [1.54, 1.807) is 0 Å². The van der Waals surface area contributed by atoms with E-state index in [0.29, 0.717) is 12.1 Å². The number of nitrogens with two attached hydrogens (primary N) is 1. The predicted molar refractivity (Wildman–Crippen MR) is 70.5 cm³/mol. The number of hydrogen-bond acceptors (Lipinski definition) is 1. The Balaban J connectivity index is 3.70. The zero-order chi connectivity index (χ0) is 26.0. The van der Waals surface area contributed by atoms with Crippen LogP contribution in [0, 0.1) is 0 Å². The number of alkyl halides is 17. The van der Waals surface area contributed by atoms with Gasteiger partial charge in [-0.1, -0.05) is 12.1 Å². The third-order valence-electron chi connectivity index (χ3n) is 4.00. The number of halogens is 17. The van der Waals surface area contributed by atoms with Crippen molar-refractivity contribution in [3.05, 3.63) is 29.8 Å². The summed E-state index contributed by atoms with van der Waals surface area (Å²) in [5.74, 6) is -56.5. The summed E-state index contributed by atoms with van der Waals surface area (Å²) >= 11 is 0. The molecule has 0 aromatic heterocycles. The molecule has 0 saturated carbocycles. The molecule has 0 unspecified atom stereocenters. The summed E-state index contributed by atoms with van der Waals surface area (Å²) in [6, 6.07) is 0.231. The molecule has 32 heavy (non-hydrogen) atoms. The van der Waals surface area contributed by atoms with Crippen molar-refractivity contribution in [2.75, 3.05) is 5.73 Å². The van der Waals surface area contributed by atoms with Gasteiger partial charge in [0, 0.05) is 11.3 Å². The molecule has 2 N–H and O–H groups in total. The molecule has 0 atom stereocenters. The molecule has 1 aromatic carbocycles. The van der Waals surface area contributed by atoms with E-state index in [4.69, 9.17) is 5.73 Å². The molecule has 18 heteroatoms. The fourth-order valence-corrected chi connectivity index (χ4v) is 2.04. The van der Waals surface area contributed by atoms with Crippen LogP contribution in [0.15, 0.2) is 24.3 Å². The van der Waals surface area contributed by atoms with Gasteiger partial charge in [-0.2, -0.15) is 74.6 Å². The smallest absolute Gasteiger partial charge is 0.399 e. The fourth-order valence-electron chi connectivity index (χ4n) is 2.04. The fraction of sp³-hybridized carbons (Fsp3) is 0.571. The third kappa shape index (κ3) is 3.39. The lowest BCUT2D eigenvalue weighted by Gasteiger charge is -2.42. The second kappa shape index (κ2) is 7.16. The standard InChI is InChI=1S/C14H6F17N/c15-7(16,5-1-3-6(32)4-2-5)8(17,18)9(19,20)10(21,22)11(23,24)12(25,26)13(27,28)14(29,30)31/h1-4H,32H2. The monoisotopic (exact) mass is 511 g/mol. The first-order valence-electron chi connectivity index (χ1n) is 7.32. The van der Waals surface area contributed by atoms with Gasteiger partial charge in [0.1, 0.15) is 0 Å². The highest BCUT2D eigenvalue weighted by Gasteiger charge is 2.95. The quantitative estimate of drug-likeness (QED) is 0.319. The molecule has 0 aliphatic carbocycles. The lowest BCUT2D eigenvalue weighted by Crippen LogP contribution is -2.74. The zero-order valence-corrected chi connectivity index (χ0v) is 14.3. The predicted octanol–water partition coefficient (Wildman–Crippen LogP) is 6.73. The van der Waals surface area contributed by atoms with Crippen molar-refractivity contribution < 1.29 is 74.6 Å². The van der Waals surface area contributed by atoms with Crippen LogP contribution in [0.25, 0.3) is 0 Å². The van der Waals surface area contributed by atoms with Crippen LogP contribution in [-0.4, -0.2) is 41.7 Å². The van der Waals surface area contributed by atoms with Gasteiger partial charge in [-0.15, -0.1) is 0 Å². The summed E-state index contributed by atoms with van der Waals surface area (Å²) in [5.41, 5.74) is 2.17. The van der Waals surface area contributed by atoms with Crippen LogP contribution in [-0.2, 0) is 5.92 Å². The molecule has 0 aliphatic heterocycles. The Hall–Kier alpha value is -2.17. The van der Waals surface area contributed by atoms with Gasteiger partial charge in [0.05, 0.1) is 0 Å². The van der Waals surface area contributed by atoms with Crippen molar-refractivity contribution in [2.45, 2.75) is 47.6 Å². The minimum Gasteiger partial charge on any atom is -0.399 e. The third-order valence-corrected chi connectivity index (χ3v) is 4.00. The maximum absolute atomic E-state index is 13.8. The molecule has 0 amide bonds. The van der Waals surface area contributed by atoms with E-state index in [1.807, 2.05) is 0 Å². The molecule has 0 spiro atoms. The summed E-state index contributed by atoms with van der Waals surface area (Å²) in [5, 5.41) is 0. The van der Waals surface area contributed by atoms with Gasteiger partial charge in [0.15, 0.2) is 0 Å². The molecule has 0 bridgehead atoms. The van der Waals surface area contributed by atoms with Crippen molar-refractivity contribution in [2.24, 2.45) is 0 Å². The second-order valence-electron chi connectivity index (χ2n) is 6.14. The van der Waals surface area contributed by atoms with Gasteiger partial charge in [0.25, 0.3) is 0 Å². The Morgan fingerprint density at radius 2 is 0.688 bits per heavy atom. The Kier molecular flexibility index (Phi) is 6.24. The van der Waals surface area contributed by atoms with Crippen LogP contribution in [0.2, 0.25) is 0 Å². The Morgan fingerprint density at radius 3 is 1.00 bits per heavy atom. The first-order chi connectivity index (χ1) is 13.7. The van der Waals surface area contributed by atoms with Crippen molar-refractivity contribution >= 4 is 5.69 Å². The summed E-state index contributed by atoms with van der Waals surface area (Å²) in [4.78, 5) is 0. The average molecular weight is 511 g/mol. The van der Waals surface area contributed by atoms with E-state index >= 15 is 0 Å². The topological polar surface area (TPSA) is 26.0 Å². The minimum absolute atomic E-state index is 0.192. The first-order valence-corrected chi connectivity index (χ1v) is 7.32. The maximum Gasteiger partial charge on any atom is 0.460 e. The Labute approximate surface area is 165 Å². The van der Waals surface area contributed by atoms with Gasteiger partial charge in [0.2, 0.25) is 0 Å². The van der Waals surface area contributed by atoms with Crippen molar-refractivity contribution in [1.29, 1.82) is 0 Å². The SMILES string of the molecule is Nc1ccc(C(F)(F)C(F)(F)C(F)(F)C(F)(F)C(F)(F)C(F)(F)C(F)(F)C(F)(F)F)cc1. The Bertz CT molecular complexity index is 821. The van der Waals surface area contributed by atoms with Crippen molar-refractivity contribution in [3.63, 3.8) is 0 Å². The summed E-state index contributed by atoms with van der Waals surface area (Å²) in [6.07, 6.45) is -7.78. The number of rotatable bonds is 7. The van der Waals surface area contributed by atoms with Crippen molar-refractivity contribution in [3.8, 4) is 0 Å². The largest absolute Gasteiger partial charge is 0.460 e. The number of benzene rings is 1. The number of hydrogen-bond donors (Lipinski definition) is 1. The minimum atomic E-state index is -8.64. The average Bonchev–Trinajstić information content (AvgIpc) is 2.60. The van der Waals surface area contributed by atoms with E-state index in [0.717, 1.165) is 0 Å². The van der Waals surface area contributed by atoms with E-state index in [2.05, 4.69) is 0 Å². The summed E-state index contributed by atoms with van der Waals surface area (Å²) in [6.45, 7) is 0. The van der Waals surface area contributed by atoms with Gasteiger partial charge in [-0.05, 0) is 12.1 Å². The molecule has 0 heterocycles. The van der Waals surface area contributed by atoms with Gasteiger partial charge < -0.3 is 5.73 Å². The van der Waals surface area contributed by atoms with E-state index < -0.39 is 58.9 Å². The van der Waals surface area contributed by atoms with Crippen LogP contribution < -0.4 is 5.73 Å². The number of anilines is 1. The lowest BCUT2D eigenvalue weighted by molar-refractivity contribution is -0.462. The summed E-state index contributed by atoms with van der Waals surface area (Å²) < 4.78 is 223. The molecular weight excluding hydrogens is 505 g/mol. The highest BCUT2D eigenvalue weighted by atomic mass is 19.4. The van der Waals surface area contributed by atoms with Crippen LogP contribution in [0.1, 0.15) is 5.56 Å². The molecular formula is C14H6F17N. The van der Waals surface area contributed by atoms with Gasteiger partial charge in [-0.25, -0.2) is 0 Å². The van der Waals surface area contributed by atoms with Crippen LogP contribution in [0.5, 0.6) is 0 Å². The molecule has 1 rings (SSSR count). The molecule has 0 aliphatic rings. The van der Waals surface area contributed by atoms with Crippen LogP contribution in [0.4, 0.5) is 80.3 Å². The number of nitrogen functional groups attached to an aromatic ring is 1. The summed E-state index contributed by atoms with van der Waals surface area (Å²) in [7, 11) is 0. The highest BCUT2D eigenvalue weighted by Crippen LogP contribution is 2.65. The Morgan fingerprint density at radius 1 is 0.406 bits per heavy atom. The van der Waals surface area contributed by atoms with Crippen LogP contribution >= 0.6 is 0 Å². The van der Waals surface area contributed by atoms with Crippen molar-refractivity contribution in [1.82, 2.24) is 0 Å². The van der Waals surface area contributed by atoms with E-state index in [1.165, 1.54) is 0 Å². The molecule has 1 aromatic rings. The molecule has 0 saturated heterocycles. The molecule has 0 fully saturated rings. The zero-order valence-electron chi connectivity index (χ0n) is 14.3. The van der Waals surface area contributed by atoms with Gasteiger partial charge >= 0.3 is 47.6 Å². The highest BCUT2D eigenvalue weighted by molar-refractivity contribution is 5.41. The molecule has 1 nitrogen and oxygen atoms in total. The van der Waals surface area contributed by atoms with E-state index in [-0.39, 0.29) is 12.1 Å². The molecule has 186 valence electrons. The van der Waals surface area contributed by atoms with Crippen LogP contribution in [0.3, 0.4) is 0 Å².